The largest absolute Gasteiger partial charge is 0.497 e. The van der Waals surface area contributed by atoms with Crippen molar-refractivity contribution in [1.29, 1.82) is 0 Å². The molecule has 174 valence electrons. The van der Waals surface area contributed by atoms with Crippen LogP contribution in [0, 0.1) is 0 Å². The fourth-order valence-corrected chi connectivity index (χ4v) is 4.74. The molecule has 34 heavy (non-hydrogen) atoms. The van der Waals surface area contributed by atoms with Crippen molar-refractivity contribution in [3.05, 3.63) is 89.3 Å². The molecule has 0 saturated carbocycles. The lowest BCUT2D eigenvalue weighted by Gasteiger charge is -2.23. The van der Waals surface area contributed by atoms with Crippen LogP contribution in [-0.2, 0) is 16.6 Å². The average molecular weight is 498 g/mol. The number of benzene rings is 3. The maximum absolute atomic E-state index is 13.6. The van der Waals surface area contributed by atoms with E-state index < -0.39 is 10.0 Å². The molecule has 0 saturated heterocycles. The number of aromatic nitrogens is 2. The van der Waals surface area contributed by atoms with Gasteiger partial charge >= 0.3 is 0 Å². The molecule has 0 fully saturated rings. The third kappa shape index (κ3) is 4.95. The number of carbonyl (C=O) groups excluding carboxylic acids is 1. The highest BCUT2D eigenvalue weighted by atomic mass is 35.5. The van der Waals surface area contributed by atoms with Crippen LogP contribution in [-0.4, -0.2) is 31.5 Å². The second-order valence-corrected chi connectivity index (χ2v) is 9.60. The van der Waals surface area contributed by atoms with E-state index in [9.17, 15) is 13.2 Å². The van der Waals surface area contributed by atoms with Crippen LogP contribution in [0.25, 0.3) is 11.5 Å². The van der Waals surface area contributed by atoms with Crippen LogP contribution in [0.5, 0.6) is 5.75 Å². The fraction of sp³-hybridized carbons (Fsp3) is 0.125. The number of hydrogen-bond donors (Lipinski definition) is 0. The molecular weight excluding hydrogens is 478 g/mol. The summed E-state index contributed by atoms with van der Waals surface area (Å²) >= 11 is 5.93. The second-order valence-electron chi connectivity index (χ2n) is 7.30. The number of ketones is 1. The standard InChI is InChI=1S/C24H20ClN3O5S/c1-16(29)17-5-13-22(14-6-17)34(30,31)28(20-9-11-21(32-2)12-10-20)15-23-26-27-24(33-23)18-3-7-19(25)8-4-18/h3-14H,15H2,1-2H3. The van der Waals surface area contributed by atoms with Crippen molar-refractivity contribution in [3.63, 3.8) is 0 Å². The number of anilines is 1. The van der Waals surface area contributed by atoms with E-state index >= 15 is 0 Å². The molecule has 4 aromatic rings. The molecule has 4 rings (SSSR count). The van der Waals surface area contributed by atoms with Gasteiger partial charge in [0.1, 0.15) is 12.3 Å². The summed E-state index contributed by atoms with van der Waals surface area (Å²) in [5, 5.41) is 8.64. The van der Waals surface area contributed by atoms with Crippen LogP contribution < -0.4 is 9.04 Å². The molecule has 1 aromatic heterocycles. The summed E-state index contributed by atoms with van der Waals surface area (Å²) in [6, 6.07) is 19.2. The van der Waals surface area contributed by atoms with Crippen LogP contribution in [0.2, 0.25) is 5.02 Å². The van der Waals surface area contributed by atoms with Crippen molar-refractivity contribution < 1.29 is 22.4 Å². The summed E-state index contributed by atoms with van der Waals surface area (Å²) in [6.07, 6.45) is 0. The van der Waals surface area contributed by atoms with E-state index in [0.29, 0.717) is 27.6 Å². The van der Waals surface area contributed by atoms with Gasteiger partial charge in [-0.2, -0.15) is 0 Å². The second kappa shape index (κ2) is 9.66. The molecule has 0 aliphatic rings. The van der Waals surface area contributed by atoms with Gasteiger partial charge in [-0.05, 0) is 67.6 Å². The highest BCUT2D eigenvalue weighted by Crippen LogP contribution is 2.29. The first-order valence-corrected chi connectivity index (χ1v) is 12.0. The summed E-state index contributed by atoms with van der Waals surface area (Å²) in [4.78, 5) is 11.6. The van der Waals surface area contributed by atoms with Gasteiger partial charge in [0.05, 0.1) is 17.7 Å². The van der Waals surface area contributed by atoms with E-state index in [2.05, 4.69) is 10.2 Å². The Morgan fingerprint density at radius 3 is 2.21 bits per heavy atom. The number of sulfonamides is 1. The number of carbonyl (C=O) groups is 1. The van der Waals surface area contributed by atoms with Gasteiger partial charge in [0.25, 0.3) is 10.0 Å². The Labute approximate surface area is 201 Å². The first-order valence-electron chi connectivity index (χ1n) is 10.1. The number of methoxy groups -OCH3 is 1. The van der Waals surface area contributed by atoms with Gasteiger partial charge in [0.15, 0.2) is 5.78 Å². The number of hydrogen-bond acceptors (Lipinski definition) is 7. The van der Waals surface area contributed by atoms with Crippen LogP contribution in [0.4, 0.5) is 5.69 Å². The van der Waals surface area contributed by atoms with E-state index in [-0.39, 0.29) is 29.0 Å². The molecule has 8 nitrogen and oxygen atoms in total. The molecule has 3 aromatic carbocycles. The van der Waals surface area contributed by atoms with Crippen molar-refractivity contribution in [2.24, 2.45) is 0 Å². The molecule has 0 unspecified atom stereocenters. The number of rotatable bonds is 8. The van der Waals surface area contributed by atoms with Crippen LogP contribution >= 0.6 is 11.6 Å². The van der Waals surface area contributed by atoms with Gasteiger partial charge in [-0.25, -0.2) is 8.42 Å². The zero-order chi connectivity index (χ0) is 24.3. The van der Waals surface area contributed by atoms with Gasteiger partial charge in [-0.1, -0.05) is 23.7 Å². The van der Waals surface area contributed by atoms with E-state index in [1.807, 2.05) is 0 Å². The monoisotopic (exact) mass is 497 g/mol. The third-order valence-electron chi connectivity index (χ3n) is 5.05. The first-order chi connectivity index (χ1) is 16.3. The maximum Gasteiger partial charge on any atom is 0.264 e. The molecule has 0 spiro atoms. The highest BCUT2D eigenvalue weighted by Gasteiger charge is 2.27. The van der Waals surface area contributed by atoms with Crippen LogP contribution in [0.15, 0.2) is 82.1 Å². The highest BCUT2D eigenvalue weighted by molar-refractivity contribution is 7.92. The topological polar surface area (TPSA) is 103 Å². The minimum atomic E-state index is -4.04. The Morgan fingerprint density at radius 2 is 1.62 bits per heavy atom. The van der Waals surface area contributed by atoms with Gasteiger partial charge in [-0.3, -0.25) is 9.10 Å². The Balaban J connectivity index is 1.71. The van der Waals surface area contributed by atoms with E-state index in [1.54, 1.807) is 48.5 Å². The summed E-state index contributed by atoms with van der Waals surface area (Å²) in [5.74, 6) is 0.764. The van der Waals surface area contributed by atoms with Crippen molar-refractivity contribution in [2.75, 3.05) is 11.4 Å². The summed E-state index contributed by atoms with van der Waals surface area (Å²) in [7, 11) is -2.51. The Bertz CT molecular complexity index is 1400. The lowest BCUT2D eigenvalue weighted by atomic mass is 10.2. The van der Waals surface area contributed by atoms with Gasteiger partial charge < -0.3 is 9.15 Å². The smallest absolute Gasteiger partial charge is 0.264 e. The Kier molecular flexibility index (Phi) is 6.67. The van der Waals surface area contributed by atoms with E-state index in [1.165, 1.54) is 38.3 Å². The summed E-state index contributed by atoms with van der Waals surface area (Å²) in [6.45, 7) is 1.21. The molecule has 0 radical (unpaired) electrons. The molecule has 0 N–H and O–H groups in total. The molecule has 10 heteroatoms. The van der Waals surface area contributed by atoms with Gasteiger partial charge in [0, 0.05) is 16.1 Å². The normalized spacial score (nSPS) is 11.3. The van der Waals surface area contributed by atoms with Crippen molar-refractivity contribution >= 4 is 33.1 Å². The Morgan fingerprint density at radius 1 is 0.971 bits per heavy atom. The number of ether oxygens (including phenoxy) is 1. The zero-order valence-electron chi connectivity index (χ0n) is 18.3. The lowest BCUT2D eigenvalue weighted by molar-refractivity contribution is 0.101. The van der Waals surface area contributed by atoms with Crippen LogP contribution in [0.3, 0.4) is 0 Å². The zero-order valence-corrected chi connectivity index (χ0v) is 19.9. The molecule has 0 aliphatic carbocycles. The van der Waals surface area contributed by atoms with Crippen molar-refractivity contribution in [1.82, 2.24) is 10.2 Å². The maximum atomic E-state index is 13.6. The van der Waals surface area contributed by atoms with Gasteiger partial charge in [-0.15, -0.1) is 10.2 Å². The van der Waals surface area contributed by atoms with Gasteiger partial charge in [0.2, 0.25) is 11.8 Å². The molecule has 0 aliphatic heterocycles. The van der Waals surface area contributed by atoms with Crippen LogP contribution in [0.1, 0.15) is 23.2 Å². The average Bonchev–Trinajstić information content (AvgIpc) is 3.32. The molecule has 0 amide bonds. The summed E-state index contributed by atoms with van der Waals surface area (Å²) in [5.41, 5.74) is 1.45. The number of halogens is 1. The Hall–Kier alpha value is -3.69. The SMILES string of the molecule is COc1ccc(N(Cc2nnc(-c3ccc(Cl)cc3)o2)S(=O)(=O)c2ccc(C(C)=O)cc2)cc1. The molecule has 0 bridgehead atoms. The van der Waals surface area contributed by atoms with E-state index in [0.717, 1.165) is 4.31 Å². The molecular formula is C24H20ClN3O5S. The predicted molar refractivity (Wildman–Crippen MR) is 128 cm³/mol. The lowest BCUT2D eigenvalue weighted by Crippen LogP contribution is -2.30. The predicted octanol–water partition coefficient (Wildman–Crippen LogP) is 5.00. The van der Waals surface area contributed by atoms with E-state index in [4.69, 9.17) is 20.8 Å². The van der Waals surface area contributed by atoms with Crippen molar-refractivity contribution in [2.45, 2.75) is 18.4 Å². The summed E-state index contributed by atoms with van der Waals surface area (Å²) < 4.78 is 39.3. The third-order valence-corrected chi connectivity index (χ3v) is 7.09. The first kappa shape index (κ1) is 23.5. The number of nitrogens with zero attached hydrogens (tertiary/aromatic N) is 3. The molecule has 0 atom stereocenters. The fourth-order valence-electron chi connectivity index (χ4n) is 3.20. The quantitative estimate of drug-likeness (QED) is 0.316. The molecule has 1 heterocycles. The number of Topliss-reactive ketones (excluding diaryl/α,β-unsaturated/α-hetero) is 1. The minimum Gasteiger partial charge on any atom is -0.497 e. The van der Waals surface area contributed by atoms with Crippen molar-refractivity contribution in [3.8, 4) is 17.2 Å². The minimum absolute atomic E-state index is 0.0192.